The molecule has 6 heteroatoms. The minimum absolute atomic E-state index is 0.0306. The van der Waals surface area contributed by atoms with Gasteiger partial charge in [-0.2, -0.15) is 0 Å². The van der Waals surface area contributed by atoms with Crippen LogP contribution in [0.5, 0.6) is 0 Å². The third-order valence-electron chi connectivity index (χ3n) is 7.74. The number of hydrogen-bond acceptors (Lipinski definition) is 4. The fourth-order valence-corrected chi connectivity index (χ4v) is 5.56. The van der Waals surface area contributed by atoms with E-state index in [1.54, 1.807) is 4.57 Å². The van der Waals surface area contributed by atoms with E-state index in [9.17, 15) is 9.90 Å². The maximum atomic E-state index is 13.3. The normalized spacial score (nSPS) is 19.4. The van der Waals surface area contributed by atoms with Gasteiger partial charge in [0.1, 0.15) is 0 Å². The van der Waals surface area contributed by atoms with Crippen LogP contribution in [0.3, 0.4) is 0 Å². The lowest BCUT2D eigenvalue weighted by Crippen LogP contribution is -2.44. The van der Waals surface area contributed by atoms with Gasteiger partial charge in [0.25, 0.3) is 0 Å². The van der Waals surface area contributed by atoms with Gasteiger partial charge in [-0.05, 0) is 62.6 Å². The lowest BCUT2D eigenvalue weighted by Gasteiger charge is -2.35. The van der Waals surface area contributed by atoms with Crippen molar-refractivity contribution in [2.75, 3.05) is 38.1 Å². The molecule has 1 saturated carbocycles. The molecule has 0 radical (unpaired) electrons. The number of likely N-dealkylation sites (N-methyl/N-ethyl adjacent to an activating group) is 1. The number of para-hydroxylation sites is 1. The van der Waals surface area contributed by atoms with Crippen LogP contribution < -0.4 is 10.6 Å². The van der Waals surface area contributed by atoms with Crippen LogP contribution in [-0.4, -0.2) is 52.4 Å². The minimum Gasteiger partial charge on any atom is -0.385 e. The van der Waals surface area contributed by atoms with E-state index < -0.39 is 5.60 Å². The van der Waals surface area contributed by atoms with Gasteiger partial charge in [0.15, 0.2) is 0 Å². The zero-order valence-electron chi connectivity index (χ0n) is 20.4. The molecule has 1 unspecified atom stereocenters. The van der Waals surface area contributed by atoms with E-state index in [1.165, 1.54) is 11.3 Å². The molecule has 0 bridgehead atoms. The van der Waals surface area contributed by atoms with Crippen LogP contribution in [0.15, 0.2) is 65.7 Å². The molecule has 2 fully saturated rings. The lowest BCUT2D eigenvalue weighted by molar-refractivity contribution is 0.0445. The van der Waals surface area contributed by atoms with Gasteiger partial charge in [0.2, 0.25) is 0 Å². The summed E-state index contributed by atoms with van der Waals surface area (Å²) in [4.78, 5) is 18.1. The first-order valence-corrected chi connectivity index (χ1v) is 12.6. The molecule has 1 atom stereocenters. The van der Waals surface area contributed by atoms with Gasteiger partial charge in [-0.15, -0.1) is 0 Å². The highest BCUT2D eigenvalue weighted by molar-refractivity contribution is 5.54. The zero-order chi connectivity index (χ0) is 23.7. The van der Waals surface area contributed by atoms with Crippen LogP contribution in [-0.2, 0) is 12.0 Å². The van der Waals surface area contributed by atoms with E-state index in [1.807, 2.05) is 41.2 Å². The summed E-state index contributed by atoms with van der Waals surface area (Å²) in [5.74, 6) is 0. The highest BCUT2D eigenvalue weighted by atomic mass is 16.3. The second kappa shape index (κ2) is 9.43. The predicted octanol–water partition coefficient (Wildman–Crippen LogP) is 3.96. The Hall–Kier alpha value is -2.83. The Morgan fingerprint density at radius 3 is 2.32 bits per heavy atom. The number of anilines is 1. The van der Waals surface area contributed by atoms with Crippen LogP contribution in [0.2, 0.25) is 0 Å². The van der Waals surface area contributed by atoms with E-state index in [2.05, 4.69) is 48.0 Å². The second-order valence-corrected chi connectivity index (χ2v) is 10.1. The van der Waals surface area contributed by atoms with Crippen molar-refractivity contribution in [3.8, 4) is 5.69 Å². The molecular formula is C28H36N4O2. The van der Waals surface area contributed by atoms with Gasteiger partial charge in [-0.25, -0.2) is 4.79 Å². The van der Waals surface area contributed by atoms with E-state index in [0.29, 0.717) is 0 Å². The number of rotatable bonds is 6. The summed E-state index contributed by atoms with van der Waals surface area (Å²) in [6.45, 7) is 6.32. The molecule has 34 heavy (non-hydrogen) atoms. The maximum absolute atomic E-state index is 13.3. The average Bonchev–Trinajstić information content (AvgIpc) is 3.47. The standard InChI is InChI=1S/C28H36N4O2/c1-22(21-23-7-3-4-8-26(23)30-17-15-29(2)16-18-30)31-19-20-32(27(31)33)25-11-9-24(10-12-25)28(34)13-5-6-14-28/h3-4,7-12,19-20,22,34H,5-6,13-18,21H2,1-2H3. The number of piperazine rings is 1. The van der Waals surface area contributed by atoms with Gasteiger partial charge < -0.3 is 14.9 Å². The van der Waals surface area contributed by atoms with Crippen molar-refractivity contribution in [2.24, 2.45) is 0 Å². The molecule has 1 aliphatic carbocycles. The third kappa shape index (κ3) is 4.44. The van der Waals surface area contributed by atoms with Crippen molar-refractivity contribution < 1.29 is 5.11 Å². The van der Waals surface area contributed by atoms with Gasteiger partial charge in [-0.1, -0.05) is 43.2 Å². The molecule has 6 nitrogen and oxygen atoms in total. The minimum atomic E-state index is -0.707. The monoisotopic (exact) mass is 460 g/mol. The SMILES string of the molecule is CC(Cc1ccccc1N1CCN(C)CC1)n1ccn(-c2ccc(C3(O)CCCC3)cc2)c1=O. The smallest absolute Gasteiger partial charge is 0.332 e. The zero-order valence-corrected chi connectivity index (χ0v) is 20.4. The Kier molecular flexibility index (Phi) is 6.36. The molecule has 1 aromatic heterocycles. The summed E-state index contributed by atoms with van der Waals surface area (Å²) in [5, 5.41) is 10.8. The quantitative estimate of drug-likeness (QED) is 0.605. The Labute approximate surface area is 202 Å². The van der Waals surface area contributed by atoms with Crippen molar-refractivity contribution in [1.29, 1.82) is 0 Å². The first-order chi connectivity index (χ1) is 16.4. The van der Waals surface area contributed by atoms with Crippen molar-refractivity contribution in [3.63, 3.8) is 0 Å². The summed E-state index contributed by atoms with van der Waals surface area (Å²) in [5.41, 5.74) is 3.62. The average molecular weight is 461 g/mol. The predicted molar refractivity (Wildman–Crippen MR) is 137 cm³/mol. The Balaban J connectivity index is 1.34. The van der Waals surface area contributed by atoms with Crippen LogP contribution in [0.25, 0.3) is 5.69 Å². The number of aliphatic hydroxyl groups is 1. The van der Waals surface area contributed by atoms with Crippen LogP contribution in [0.4, 0.5) is 5.69 Å². The largest absolute Gasteiger partial charge is 0.385 e. The highest BCUT2D eigenvalue weighted by Gasteiger charge is 2.32. The van der Waals surface area contributed by atoms with E-state index in [4.69, 9.17) is 0 Å². The van der Waals surface area contributed by atoms with E-state index in [0.717, 1.165) is 69.5 Å². The number of hydrogen-bond donors (Lipinski definition) is 1. The molecule has 2 aromatic carbocycles. The fourth-order valence-electron chi connectivity index (χ4n) is 5.56. The van der Waals surface area contributed by atoms with Crippen molar-refractivity contribution in [3.05, 3.63) is 82.5 Å². The molecule has 1 aliphatic heterocycles. The maximum Gasteiger partial charge on any atom is 0.332 e. The Morgan fingerprint density at radius 1 is 0.941 bits per heavy atom. The van der Waals surface area contributed by atoms with Crippen LogP contribution >= 0.6 is 0 Å². The van der Waals surface area contributed by atoms with E-state index >= 15 is 0 Å². The molecular weight excluding hydrogens is 424 g/mol. The van der Waals surface area contributed by atoms with Gasteiger partial charge in [0, 0.05) is 50.3 Å². The topological polar surface area (TPSA) is 53.6 Å². The summed E-state index contributed by atoms with van der Waals surface area (Å²) < 4.78 is 3.53. The molecule has 3 aromatic rings. The molecule has 1 N–H and O–H groups in total. The first-order valence-electron chi connectivity index (χ1n) is 12.6. The fraction of sp³-hybridized carbons (Fsp3) is 0.464. The van der Waals surface area contributed by atoms with Crippen LogP contribution in [0.1, 0.15) is 49.8 Å². The van der Waals surface area contributed by atoms with Crippen molar-refractivity contribution in [1.82, 2.24) is 14.0 Å². The summed E-state index contributed by atoms with van der Waals surface area (Å²) in [6, 6.07) is 16.5. The Morgan fingerprint density at radius 2 is 1.62 bits per heavy atom. The number of benzene rings is 2. The summed E-state index contributed by atoms with van der Waals surface area (Å²) >= 11 is 0. The lowest BCUT2D eigenvalue weighted by atomic mass is 9.92. The number of aromatic nitrogens is 2. The van der Waals surface area contributed by atoms with Gasteiger partial charge >= 0.3 is 5.69 Å². The number of nitrogens with zero attached hydrogens (tertiary/aromatic N) is 4. The van der Waals surface area contributed by atoms with Gasteiger partial charge in [0.05, 0.1) is 11.3 Å². The molecule has 0 amide bonds. The summed E-state index contributed by atoms with van der Waals surface area (Å²) in [7, 11) is 2.17. The van der Waals surface area contributed by atoms with Gasteiger partial charge in [-0.3, -0.25) is 9.13 Å². The van der Waals surface area contributed by atoms with E-state index in [-0.39, 0.29) is 11.7 Å². The second-order valence-electron chi connectivity index (χ2n) is 10.1. The molecule has 180 valence electrons. The number of imidazole rings is 1. The first kappa shape index (κ1) is 22.9. The molecule has 5 rings (SSSR count). The van der Waals surface area contributed by atoms with Crippen molar-refractivity contribution >= 4 is 5.69 Å². The van der Waals surface area contributed by atoms with Crippen LogP contribution in [0, 0.1) is 0 Å². The molecule has 2 heterocycles. The van der Waals surface area contributed by atoms with Crippen molar-refractivity contribution in [2.45, 2.75) is 50.7 Å². The summed E-state index contributed by atoms with van der Waals surface area (Å²) in [6.07, 6.45) is 8.31. The third-order valence-corrected chi connectivity index (χ3v) is 7.74. The highest BCUT2D eigenvalue weighted by Crippen LogP contribution is 2.38. The molecule has 1 saturated heterocycles. The molecule has 0 spiro atoms. The molecule has 2 aliphatic rings. The Bertz CT molecular complexity index is 1170.